The van der Waals surface area contributed by atoms with Gasteiger partial charge in [0.1, 0.15) is 0 Å². The fourth-order valence-electron chi connectivity index (χ4n) is 2.35. The summed E-state index contributed by atoms with van der Waals surface area (Å²) in [7, 11) is -2.84. The third-order valence-corrected chi connectivity index (χ3v) is 22.4. The zero-order valence-electron chi connectivity index (χ0n) is 17.1. The summed E-state index contributed by atoms with van der Waals surface area (Å²) in [5, 5.41) is 0.799. The summed E-state index contributed by atoms with van der Waals surface area (Å²) in [6, 6.07) is 9.54. The first kappa shape index (κ1) is 20.1. The minimum absolute atomic E-state index is 0.400. The van der Waals surface area contributed by atoms with Crippen molar-refractivity contribution in [3.05, 3.63) is 24.3 Å². The monoisotopic (exact) mass is 394 g/mol. The second-order valence-electron chi connectivity index (χ2n) is 10.1. The van der Waals surface area contributed by atoms with Crippen molar-refractivity contribution < 1.29 is 0 Å². The van der Waals surface area contributed by atoms with Crippen molar-refractivity contribution in [2.45, 2.75) is 77.8 Å². The Hall–Kier alpha value is -0.166. The molecule has 0 radical (unpaired) electrons. The lowest BCUT2D eigenvalue weighted by Gasteiger charge is -2.36. The van der Waals surface area contributed by atoms with Crippen LogP contribution in [0.1, 0.15) is 41.5 Å². The molecule has 2 aromatic rings. The molecule has 0 bridgehead atoms. The highest BCUT2D eigenvalue weighted by Crippen LogP contribution is 2.40. The lowest BCUT2D eigenvalue weighted by atomic mass is 10.2. The zero-order valence-corrected chi connectivity index (χ0v) is 20.8. The highest BCUT2D eigenvalue weighted by atomic mass is 32.1. The van der Waals surface area contributed by atoms with E-state index in [1.807, 2.05) is 22.7 Å². The summed E-state index contributed by atoms with van der Waals surface area (Å²) in [6.07, 6.45) is 0. The third-order valence-electron chi connectivity index (χ3n) is 6.44. The summed E-state index contributed by atoms with van der Waals surface area (Å²) in [6.45, 7) is 24.5. The standard InChI is InChI=1S/C20H34S2Si2/c1-19(2,3)23(7,8)17-13-11-15(21-17)16-12-14-18(22-16)24(9,10)20(4,5)6/h11-14H,1-10H3. The highest BCUT2D eigenvalue weighted by Gasteiger charge is 2.39. The van der Waals surface area contributed by atoms with Crippen molar-refractivity contribution in [2.24, 2.45) is 0 Å². The molecule has 0 aliphatic heterocycles. The minimum Gasteiger partial charge on any atom is -0.144 e. The van der Waals surface area contributed by atoms with Gasteiger partial charge in [-0.3, -0.25) is 0 Å². The molecular formula is C20H34S2Si2. The van der Waals surface area contributed by atoms with Crippen LogP contribution in [0.25, 0.3) is 9.75 Å². The smallest absolute Gasteiger partial charge is 0.0987 e. The van der Waals surface area contributed by atoms with E-state index < -0.39 is 16.1 Å². The molecule has 0 atom stereocenters. The number of hydrogen-bond acceptors (Lipinski definition) is 2. The molecule has 2 heterocycles. The molecule has 0 saturated carbocycles. The molecule has 0 nitrogen and oxygen atoms in total. The van der Waals surface area contributed by atoms with Crippen LogP contribution >= 0.6 is 22.7 Å². The molecule has 0 aromatic carbocycles. The normalized spacial score (nSPS) is 14.2. The largest absolute Gasteiger partial charge is 0.144 e. The molecule has 24 heavy (non-hydrogen) atoms. The van der Waals surface area contributed by atoms with Gasteiger partial charge < -0.3 is 0 Å². The van der Waals surface area contributed by atoms with Gasteiger partial charge >= 0.3 is 0 Å². The van der Waals surface area contributed by atoms with E-state index in [-0.39, 0.29) is 0 Å². The summed E-state index contributed by atoms with van der Waals surface area (Å²) in [4.78, 5) is 2.93. The van der Waals surface area contributed by atoms with Gasteiger partial charge in [-0.05, 0) is 31.2 Å². The molecule has 0 aliphatic carbocycles. The second kappa shape index (κ2) is 6.22. The van der Waals surface area contributed by atoms with Crippen LogP contribution in [0.4, 0.5) is 0 Å². The summed E-state index contributed by atoms with van der Waals surface area (Å²) >= 11 is 4.08. The van der Waals surface area contributed by atoms with E-state index in [9.17, 15) is 0 Å². The molecule has 0 amide bonds. The topological polar surface area (TPSA) is 0 Å². The fraction of sp³-hybridized carbons (Fsp3) is 0.600. The summed E-state index contributed by atoms with van der Waals surface area (Å²) in [5.41, 5.74) is 0. The number of hydrogen-bond donors (Lipinski definition) is 0. The predicted molar refractivity (Wildman–Crippen MR) is 121 cm³/mol. The van der Waals surface area contributed by atoms with Crippen LogP contribution < -0.4 is 9.00 Å². The van der Waals surface area contributed by atoms with Crippen molar-refractivity contribution >= 4 is 47.8 Å². The van der Waals surface area contributed by atoms with Gasteiger partial charge in [0, 0.05) is 9.75 Å². The molecule has 0 spiro atoms. The fourth-order valence-corrected chi connectivity index (χ4v) is 11.0. The van der Waals surface area contributed by atoms with Crippen molar-refractivity contribution in [3.8, 4) is 9.75 Å². The van der Waals surface area contributed by atoms with Crippen LogP contribution in [0, 0.1) is 0 Å². The van der Waals surface area contributed by atoms with Crippen LogP contribution in [-0.4, -0.2) is 16.1 Å². The van der Waals surface area contributed by atoms with Gasteiger partial charge in [-0.25, -0.2) is 0 Å². The van der Waals surface area contributed by atoms with Crippen LogP contribution in [0.15, 0.2) is 24.3 Å². The molecular weight excluding hydrogens is 361 g/mol. The van der Waals surface area contributed by atoms with Gasteiger partial charge in [0.2, 0.25) is 0 Å². The van der Waals surface area contributed by atoms with Crippen molar-refractivity contribution in [1.29, 1.82) is 0 Å². The van der Waals surface area contributed by atoms with E-state index >= 15 is 0 Å². The maximum absolute atomic E-state index is 2.51. The lowest BCUT2D eigenvalue weighted by molar-refractivity contribution is 0.730. The van der Waals surface area contributed by atoms with E-state index in [1.54, 1.807) is 9.00 Å². The quantitative estimate of drug-likeness (QED) is 0.496. The molecule has 0 fully saturated rings. The van der Waals surface area contributed by atoms with Crippen LogP contribution in [0.2, 0.25) is 36.3 Å². The first-order valence-corrected chi connectivity index (χ1v) is 16.5. The van der Waals surface area contributed by atoms with Gasteiger partial charge in [-0.1, -0.05) is 79.9 Å². The Bertz CT molecular complexity index is 644. The Morgan fingerprint density at radius 3 is 1.12 bits per heavy atom. The van der Waals surface area contributed by atoms with E-state index in [1.165, 1.54) is 9.75 Å². The Kier molecular flexibility index (Phi) is 5.22. The first-order valence-electron chi connectivity index (χ1n) is 8.89. The van der Waals surface area contributed by atoms with Crippen LogP contribution in [0.5, 0.6) is 0 Å². The molecule has 0 aliphatic rings. The average molecular weight is 395 g/mol. The van der Waals surface area contributed by atoms with Gasteiger partial charge in [0.25, 0.3) is 0 Å². The Morgan fingerprint density at radius 1 is 0.583 bits per heavy atom. The highest BCUT2D eigenvalue weighted by molar-refractivity contribution is 7.34. The van der Waals surface area contributed by atoms with Gasteiger partial charge in [-0.15, -0.1) is 22.7 Å². The maximum atomic E-state index is 2.51. The number of rotatable bonds is 3. The van der Waals surface area contributed by atoms with Crippen molar-refractivity contribution in [1.82, 2.24) is 0 Å². The second-order valence-corrected chi connectivity index (χ2v) is 23.5. The van der Waals surface area contributed by atoms with Gasteiger partial charge in [0.15, 0.2) is 0 Å². The Balaban J connectivity index is 2.37. The van der Waals surface area contributed by atoms with E-state index in [4.69, 9.17) is 0 Å². The molecule has 2 aromatic heterocycles. The summed E-state index contributed by atoms with van der Waals surface area (Å²) in [5.74, 6) is 0. The first-order chi connectivity index (χ1) is 10.7. The molecule has 0 unspecified atom stereocenters. The van der Waals surface area contributed by atoms with E-state index in [0.717, 1.165) is 0 Å². The maximum Gasteiger partial charge on any atom is 0.0987 e. The third kappa shape index (κ3) is 3.53. The van der Waals surface area contributed by atoms with Crippen molar-refractivity contribution in [3.63, 3.8) is 0 Å². The Morgan fingerprint density at radius 2 is 0.875 bits per heavy atom. The SMILES string of the molecule is CC(C)(C)[Si](C)(C)c1ccc(-c2ccc([Si](C)(C)C(C)(C)C)s2)s1. The lowest BCUT2D eigenvalue weighted by Crippen LogP contribution is -2.47. The van der Waals surface area contributed by atoms with Crippen LogP contribution in [0.3, 0.4) is 0 Å². The van der Waals surface area contributed by atoms with Crippen molar-refractivity contribution in [2.75, 3.05) is 0 Å². The molecule has 4 heteroatoms. The molecule has 0 N–H and O–H groups in total. The Labute approximate surface area is 159 Å². The zero-order chi connectivity index (χ0) is 18.6. The van der Waals surface area contributed by atoms with E-state index in [0.29, 0.717) is 10.1 Å². The number of thiophene rings is 2. The average Bonchev–Trinajstić information content (AvgIpc) is 3.05. The minimum atomic E-state index is -1.42. The van der Waals surface area contributed by atoms with E-state index in [2.05, 4.69) is 92.0 Å². The predicted octanol–water partition coefficient (Wildman–Crippen LogP) is 6.91. The molecule has 134 valence electrons. The van der Waals surface area contributed by atoms with Crippen LogP contribution in [-0.2, 0) is 0 Å². The van der Waals surface area contributed by atoms with Gasteiger partial charge in [0.05, 0.1) is 16.1 Å². The molecule has 0 saturated heterocycles. The molecule has 2 rings (SSSR count). The van der Waals surface area contributed by atoms with Gasteiger partial charge in [-0.2, -0.15) is 0 Å². The summed E-state index contributed by atoms with van der Waals surface area (Å²) < 4.78 is 3.26.